The fourth-order valence-corrected chi connectivity index (χ4v) is 1.46. The van der Waals surface area contributed by atoms with Crippen LogP contribution in [0, 0.1) is 0 Å². The van der Waals surface area contributed by atoms with Crippen molar-refractivity contribution in [2.24, 2.45) is 0 Å². The molecule has 1 N–H and O–H groups in total. The molecule has 1 heterocycles. The lowest BCUT2D eigenvalue weighted by molar-refractivity contribution is 0.0682. The summed E-state index contributed by atoms with van der Waals surface area (Å²) in [5.74, 6) is -1.49. The molecule has 0 radical (unpaired) electrons. The Balaban J connectivity index is 2.76. The summed E-state index contributed by atoms with van der Waals surface area (Å²) >= 11 is 3.26. The first-order chi connectivity index (χ1) is 6.68. The highest BCUT2D eigenvalue weighted by atomic mass is 79.9. The van der Waals surface area contributed by atoms with E-state index in [9.17, 15) is 4.79 Å². The summed E-state index contributed by atoms with van der Waals surface area (Å²) < 4.78 is 0.701. The van der Waals surface area contributed by atoms with Crippen LogP contribution in [0.5, 0.6) is 0 Å². The zero-order valence-corrected chi connectivity index (χ0v) is 8.39. The molecule has 2 rings (SSSR count). The molecule has 1 aromatic carbocycles. The highest BCUT2D eigenvalue weighted by Crippen LogP contribution is 2.19. The van der Waals surface area contributed by atoms with Gasteiger partial charge in [0.05, 0.1) is 0 Å². The van der Waals surface area contributed by atoms with Gasteiger partial charge in [-0.3, -0.25) is 0 Å². The number of rotatable bonds is 1. The molecular formula is C8H4BrN3O2. The standard InChI is InChI=1S/C8H4BrN3O2/c9-4-2-1-3-5-6(4)10-7(8(13)14)12-11-5/h1-3H,(H,13,14). The number of aromatic carboxylic acids is 1. The Kier molecular flexibility index (Phi) is 2.12. The van der Waals surface area contributed by atoms with Crippen molar-refractivity contribution in [3.05, 3.63) is 28.5 Å². The second-order valence-electron chi connectivity index (χ2n) is 2.55. The number of carboxylic acids is 1. The minimum Gasteiger partial charge on any atom is -0.475 e. The quantitative estimate of drug-likeness (QED) is 0.834. The molecule has 1 aromatic heterocycles. The first kappa shape index (κ1) is 9.01. The number of nitrogens with zero attached hydrogens (tertiary/aromatic N) is 3. The molecule has 0 saturated heterocycles. The van der Waals surface area contributed by atoms with Gasteiger partial charge in [0.25, 0.3) is 5.82 Å². The van der Waals surface area contributed by atoms with Gasteiger partial charge in [0.2, 0.25) is 0 Å². The number of fused-ring (bicyclic) bond motifs is 1. The van der Waals surface area contributed by atoms with E-state index in [1.165, 1.54) is 0 Å². The minimum absolute atomic E-state index is 0.301. The molecule has 0 aliphatic heterocycles. The molecule has 0 saturated carbocycles. The zero-order valence-electron chi connectivity index (χ0n) is 6.81. The van der Waals surface area contributed by atoms with Crippen LogP contribution in [0.15, 0.2) is 22.7 Å². The van der Waals surface area contributed by atoms with Crippen LogP contribution in [0.25, 0.3) is 11.0 Å². The molecule has 0 unspecified atom stereocenters. The van der Waals surface area contributed by atoms with E-state index in [1.54, 1.807) is 18.2 Å². The summed E-state index contributed by atoms with van der Waals surface area (Å²) in [6.45, 7) is 0. The molecule has 2 aromatic rings. The summed E-state index contributed by atoms with van der Waals surface area (Å²) in [4.78, 5) is 14.4. The Morgan fingerprint density at radius 2 is 2.14 bits per heavy atom. The SMILES string of the molecule is O=C(O)c1nnc2cccc(Br)c2n1. The Morgan fingerprint density at radius 3 is 2.86 bits per heavy atom. The maximum Gasteiger partial charge on any atom is 0.375 e. The number of hydrogen-bond donors (Lipinski definition) is 1. The van der Waals surface area contributed by atoms with Gasteiger partial charge >= 0.3 is 5.97 Å². The summed E-state index contributed by atoms with van der Waals surface area (Å²) in [5, 5.41) is 15.9. The molecule has 14 heavy (non-hydrogen) atoms. The van der Waals surface area contributed by atoms with Crippen LogP contribution in [0.3, 0.4) is 0 Å². The van der Waals surface area contributed by atoms with Crippen molar-refractivity contribution in [3.8, 4) is 0 Å². The van der Waals surface area contributed by atoms with Gasteiger partial charge in [0.1, 0.15) is 11.0 Å². The van der Waals surface area contributed by atoms with Crippen LogP contribution in [0.2, 0.25) is 0 Å². The summed E-state index contributed by atoms with van der Waals surface area (Å²) in [6.07, 6.45) is 0. The third-order valence-corrected chi connectivity index (χ3v) is 2.27. The van der Waals surface area contributed by atoms with Crippen molar-refractivity contribution >= 4 is 32.9 Å². The Hall–Kier alpha value is -1.56. The van der Waals surface area contributed by atoms with Crippen LogP contribution in [0.1, 0.15) is 10.6 Å². The maximum atomic E-state index is 10.6. The third kappa shape index (κ3) is 1.44. The number of hydrogen-bond acceptors (Lipinski definition) is 4. The highest BCUT2D eigenvalue weighted by Gasteiger charge is 2.09. The van der Waals surface area contributed by atoms with E-state index >= 15 is 0 Å². The Morgan fingerprint density at radius 1 is 1.36 bits per heavy atom. The number of aromatic nitrogens is 3. The number of halogens is 1. The molecule has 70 valence electrons. The van der Waals surface area contributed by atoms with Crippen LogP contribution < -0.4 is 0 Å². The number of benzene rings is 1. The van der Waals surface area contributed by atoms with Gasteiger partial charge in [0, 0.05) is 4.47 Å². The summed E-state index contributed by atoms with van der Waals surface area (Å²) in [5.41, 5.74) is 1.06. The van der Waals surface area contributed by atoms with Gasteiger partial charge in [-0.1, -0.05) is 6.07 Å². The molecule has 0 atom stereocenters. The average Bonchev–Trinajstić information content (AvgIpc) is 2.18. The highest BCUT2D eigenvalue weighted by molar-refractivity contribution is 9.10. The molecule has 6 heteroatoms. The molecule has 0 bridgehead atoms. The second-order valence-corrected chi connectivity index (χ2v) is 3.40. The van der Waals surface area contributed by atoms with Crippen LogP contribution in [0.4, 0.5) is 0 Å². The zero-order chi connectivity index (χ0) is 10.1. The minimum atomic E-state index is -1.19. The lowest BCUT2D eigenvalue weighted by Crippen LogP contribution is -2.05. The van der Waals surface area contributed by atoms with Crippen molar-refractivity contribution in [2.75, 3.05) is 0 Å². The molecule has 0 fully saturated rings. The second kappa shape index (κ2) is 3.30. The normalized spacial score (nSPS) is 10.4. The monoisotopic (exact) mass is 253 g/mol. The van der Waals surface area contributed by atoms with E-state index in [0.717, 1.165) is 0 Å². The Bertz CT molecular complexity index is 515. The number of carboxylic acid groups (broad SMARTS) is 1. The fraction of sp³-hybridized carbons (Fsp3) is 0. The van der Waals surface area contributed by atoms with Gasteiger partial charge in [-0.25, -0.2) is 9.78 Å². The first-order valence-corrected chi connectivity index (χ1v) is 4.50. The number of carbonyl (C=O) groups is 1. The van der Waals surface area contributed by atoms with E-state index in [2.05, 4.69) is 31.1 Å². The topological polar surface area (TPSA) is 76.0 Å². The lowest BCUT2D eigenvalue weighted by atomic mass is 10.3. The Labute approximate surface area is 86.9 Å². The molecule has 0 spiro atoms. The van der Waals surface area contributed by atoms with E-state index in [4.69, 9.17) is 5.11 Å². The molecule has 0 aliphatic rings. The van der Waals surface area contributed by atoms with Crippen LogP contribution in [-0.4, -0.2) is 26.3 Å². The lowest BCUT2D eigenvalue weighted by Gasteiger charge is -1.98. The number of para-hydroxylation sites is 1. The molecule has 0 aliphatic carbocycles. The predicted molar refractivity (Wildman–Crippen MR) is 52.0 cm³/mol. The van der Waals surface area contributed by atoms with E-state index in [-0.39, 0.29) is 5.82 Å². The average molecular weight is 254 g/mol. The van der Waals surface area contributed by atoms with Crippen molar-refractivity contribution in [1.82, 2.24) is 15.2 Å². The largest absolute Gasteiger partial charge is 0.475 e. The van der Waals surface area contributed by atoms with Gasteiger partial charge in [-0.2, -0.15) is 0 Å². The fourth-order valence-electron chi connectivity index (χ4n) is 1.02. The van der Waals surface area contributed by atoms with Gasteiger partial charge in [-0.05, 0) is 28.1 Å². The molecular weight excluding hydrogens is 250 g/mol. The molecule has 0 amide bonds. The van der Waals surface area contributed by atoms with Crippen molar-refractivity contribution in [1.29, 1.82) is 0 Å². The molecule has 5 nitrogen and oxygen atoms in total. The van der Waals surface area contributed by atoms with Crippen molar-refractivity contribution < 1.29 is 9.90 Å². The maximum absolute atomic E-state index is 10.6. The third-order valence-electron chi connectivity index (χ3n) is 1.63. The van der Waals surface area contributed by atoms with E-state index in [1.807, 2.05) is 0 Å². The van der Waals surface area contributed by atoms with Crippen LogP contribution in [-0.2, 0) is 0 Å². The summed E-state index contributed by atoms with van der Waals surface area (Å²) in [7, 11) is 0. The van der Waals surface area contributed by atoms with Crippen molar-refractivity contribution in [3.63, 3.8) is 0 Å². The van der Waals surface area contributed by atoms with E-state index in [0.29, 0.717) is 15.5 Å². The summed E-state index contributed by atoms with van der Waals surface area (Å²) in [6, 6.07) is 5.26. The van der Waals surface area contributed by atoms with Gasteiger partial charge in [-0.15, -0.1) is 10.2 Å². The van der Waals surface area contributed by atoms with Crippen molar-refractivity contribution in [2.45, 2.75) is 0 Å². The van der Waals surface area contributed by atoms with Gasteiger partial charge < -0.3 is 5.11 Å². The van der Waals surface area contributed by atoms with E-state index < -0.39 is 5.97 Å². The van der Waals surface area contributed by atoms with Crippen LogP contribution >= 0.6 is 15.9 Å². The predicted octanol–water partition coefficient (Wildman–Crippen LogP) is 1.49. The smallest absolute Gasteiger partial charge is 0.375 e. The van der Waals surface area contributed by atoms with Gasteiger partial charge in [0.15, 0.2) is 0 Å². The first-order valence-electron chi connectivity index (χ1n) is 3.71.